The Bertz CT molecular complexity index is 1100. The van der Waals surface area contributed by atoms with Crippen LogP contribution in [0.15, 0.2) is 54.7 Å². The maximum Gasteiger partial charge on any atom is 0.340 e. The summed E-state index contributed by atoms with van der Waals surface area (Å²) in [6.45, 7) is 1.65. The van der Waals surface area contributed by atoms with Crippen LogP contribution < -0.4 is 5.32 Å². The average Bonchev–Trinajstić information content (AvgIpc) is 3.42. The molecule has 0 radical (unpaired) electrons. The maximum atomic E-state index is 12.6. The largest absolute Gasteiger partial charge is 0.465 e. The number of anilines is 1. The van der Waals surface area contributed by atoms with E-state index in [2.05, 4.69) is 5.32 Å². The third-order valence-electron chi connectivity index (χ3n) is 5.32. The molecule has 0 spiro atoms. The number of fused-ring (bicyclic) bond motifs is 1. The van der Waals surface area contributed by atoms with E-state index in [9.17, 15) is 14.4 Å². The molecule has 1 N–H and O–H groups in total. The number of esters is 1. The van der Waals surface area contributed by atoms with Crippen molar-refractivity contribution in [1.29, 1.82) is 0 Å². The number of nitrogens with zero attached hydrogens (tertiary/aromatic N) is 2. The van der Waals surface area contributed by atoms with Crippen LogP contribution in [-0.2, 0) is 16.1 Å². The molecule has 154 valence electrons. The van der Waals surface area contributed by atoms with Gasteiger partial charge in [-0.3, -0.25) is 9.59 Å². The Kier molecular flexibility index (Phi) is 5.52. The van der Waals surface area contributed by atoms with Crippen molar-refractivity contribution in [3.05, 3.63) is 65.9 Å². The highest BCUT2D eigenvalue weighted by molar-refractivity contribution is 6.05. The molecule has 0 unspecified atom stereocenters. The van der Waals surface area contributed by atoms with Gasteiger partial charge < -0.3 is 19.5 Å². The van der Waals surface area contributed by atoms with Crippen LogP contribution >= 0.6 is 0 Å². The number of benzene rings is 2. The van der Waals surface area contributed by atoms with Crippen LogP contribution in [0.2, 0.25) is 0 Å². The minimum absolute atomic E-state index is 0.0273. The fraction of sp³-hybridized carbons (Fsp3) is 0.261. The second-order valence-corrected chi connectivity index (χ2v) is 7.30. The van der Waals surface area contributed by atoms with E-state index in [0.29, 0.717) is 16.8 Å². The van der Waals surface area contributed by atoms with Crippen molar-refractivity contribution in [3.63, 3.8) is 0 Å². The van der Waals surface area contributed by atoms with Gasteiger partial charge in [0.15, 0.2) is 0 Å². The Balaban J connectivity index is 1.46. The molecule has 0 bridgehead atoms. The van der Waals surface area contributed by atoms with Crippen LogP contribution in [0.1, 0.15) is 33.6 Å². The van der Waals surface area contributed by atoms with E-state index in [-0.39, 0.29) is 18.4 Å². The Labute approximate surface area is 174 Å². The zero-order valence-corrected chi connectivity index (χ0v) is 16.8. The highest BCUT2D eigenvalue weighted by Crippen LogP contribution is 2.22. The second-order valence-electron chi connectivity index (χ2n) is 7.30. The highest BCUT2D eigenvalue weighted by atomic mass is 16.5. The van der Waals surface area contributed by atoms with Gasteiger partial charge in [-0.2, -0.15) is 0 Å². The first-order valence-electron chi connectivity index (χ1n) is 9.92. The van der Waals surface area contributed by atoms with Gasteiger partial charge in [0.2, 0.25) is 5.91 Å². The molecule has 2 heterocycles. The van der Waals surface area contributed by atoms with Crippen molar-refractivity contribution in [1.82, 2.24) is 9.47 Å². The van der Waals surface area contributed by atoms with Gasteiger partial charge >= 0.3 is 5.97 Å². The zero-order valence-electron chi connectivity index (χ0n) is 16.8. The molecule has 7 nitrogen and oxygen atoms in total. The number of ether oxygens (including phenoxy) is 1. The van der Waals surface area contributed by atoms with Crippen LogP contribution in [0.3, 0.4) is 0 Å². The van der Waals surface area contributed by atoms with E-state index in [4.69, 9.17) is 4.74 Å². The van der Waals surface area contributed by atoms with Gasteiger partial charge in [0.25, 0.3) is 5.91 Å². The van der Waals surface area contributed by atoms with E-state index in [0.717, 1.165) is 36.8 Å². The number of carbonyl (C=O) groups excluding carboxylic acids is 3. The van der Waals surface area contributed by atoms with E-state index < -0.39 is 5.97 Å². The molecule has 30 heavy (non-hydrogen) atoms. The number of carbonyl (C=O) groups is 3. The molecular weight excluding hydrogens is 382 g/mol. The lowest BCUT2D eigenvalue weighted by Crippen LogP contribution is -2.27. The SMILES string of the molecule is COC(=O)c1cn(CC(=O)Nc2ccc(C(=O)N3CCCC3)cc2)c2ccccc12. The summed E-state index contributed by atoms with van der Waals surface area (Å²) in [6.07, 6.45) is 3.73. The zero-order chi connectivity index (χ0) is 21.1. The van der Waals surface area contributed by atoms with Gasteiger partial charge in [-0.25, -0.2) is 4.79 Å². The predicted octanol–water partition coefficient (Wildman–Crippen LogP) is 3.30. The molecule has 1 fully saturated rings. The number of para-hydroxylation sites is 1. The number of hydrogen-bond acceptors (Lipinski definition) is 4. The number of nitrogens with one attached hydrogen (secondary N) is 1. The standard InChI is InChI=1S/C23H23N3O4/c1-30-23(29)19-14-26(20-7-3-2-6-18(19)20)15-21(27)24-17-10-8-16(9-11-17)22(28)25-12-4-5-13-25/h2-3,6-11,14H,4-5,12-13,15H2,1H3,(H,24,27). The predicted molar refractivity (Wildman–Crippen MR) is 113 cm³/mol. The number of aromatic nitrogens is 1. The average molecular weight is 405 g/mol. The summed E-state index contributed by atoms with van der Waals surface area (Å²) in [5.74, 6) is -0.645. The molecule has 2 aromatic carbocycles. The lowest BCUT2D eigenvalue weighted by atomic mass is 10.2. The maximum absolute atomic E-state index is 12.6. The van der Waals surface area contributed by atoms with Crippen LogP contribution in [0.4, 0.5) is 5.69 Å². The summed E-state index contributed by atoms with van der Waals surface area (Å²) in [4.78, 5) is 38.9. The third-order valence-corrected chi connectivity index (χ3v) is 5.32. The summed E-state index contributed by atoms with van der Waals surface area (Å²) in [6, 6.07) is 14.3. The topological polar surface area (TPSA) is 80.6 Å². The second kappa shape index (κ2) is 8.41. The number of likely N-dealkylation sites (tertiary alicyclic amines) is 1. The van der Waals surface area contributed by atoms with Crippen molar-refractivity contribution in [2.24, 2.45) is 0 Å². The Morgan fingerprint density at radius 2 is 1.70 bits per heavy atom. The summed E-state index contributed by atoms with van der Waals surface area (Å²) in [7, 11) is 1.33. The molecule has 3 aromatic rings. The summed E-state index contributed by atoms with van der Waals surface area (Å²) in [5.41, 5.74) is 2.43. The molecule has 7 heteroatoms. The van der Waals surface area contributed by atoms with Gasteiger partial charge in [-0.05, 0) is 43.2 Å². The number of methoxy groups -OCH3 is 1. The van der Waals surface area contributed by atoms with Gasteiger partial charge in [0.1, 0.15) is 6.54 Å². The summed E-state index contributed by atoms with van der Waals surface area (Å²) < 4.78 is 6.57. The molecule has 1 aromatic heterocycles. The fourth-order valence-corrected chi connectivity index (χ4v) is 3.80. The first-order chi connectivity index (χ1) is 14.6. The molecule has 1 aliphatic rings. The van der Waals surface area contributed by atoms with Crippen LogP contribution in [0.5, 0.6) is 0 Å². The summed E-state index contributed by atoms with van der Waals surface area (Å²) >= 11 is 0. The lowest BCUT2D eigenvalue weighted by Gasteiger charge is -2.15. The van der Waals surface area contributed by atoms with Gasteiger partial charge in [-0.15, -0.1) is 0 Å². The van der Waals surface area contributed by atoms with Crippen LogP contribution in [-0.4, -0.2) is 47.4 Å². The number of amides is 2. The molecule has 4 rings (SSSR count). The van der Waals surface area contributed by atoms with Crippen molar-refractivity contribution in [3.8, 4) is 0 Å². The molecule has 1 saturated heterocycles. The number of rotatable bonds is 5. The van der Waals surface area contributed by atoms with Crippen LogP contribution in [0.25, 0.3) is 10.9 Å². The van der Waals surface area contributed by atoms with Crippen LogP contribution in [0, 0.1) is 0 Å². The van der Waals surface area contributed by atoms with E-state index in [1.807, 2.05) is 29.2 Å². The first-order valence-corrected chi connectivity index (χ1v) is 9.92. The third kappa shape index (κ3) is 3.91. The fourth-order valence-electron chi connectivity index (χ4n) is 3.80. The van der Waals surface area contributed by atoms with Crippen molar-refractivity contribution < 1.29 is 19.1 Å². The smallest absolute Gasteiger partial charge is 0.340 e. The van der Waals surface area contributed by atoms with Crippen molar-refractivity contribution in [2.45, 2.75) is 19.4 Å². The van der Waals surface area contributed by atoms with Gasteiger partial charge in [0, 0.05) is 41.4 Å². The normalized spacial score (nSPS) is 13.4. The highest BCUT2D eigenvalue weighted by Gasteiger charge is 2.20. The Morgan fingerprint density at radius 3 is 2.40 bits per heavy atom. The van der Waals surface area contributed by atoms with Crippen molar-refractivity contribution >= 4 is 34.4 Å². The number of hydrogen-bond donors (Lipinski definition) is 1. The van der Waals surface area contributed by atoms with Gasteiger partial charge in [0.05, 0.1) is 12.7 Å². The molecule has 0 atom stereocenters. The Morgan fingerprint density at radius 1 is 1.00 bits per heavy atom. The Hall–Kier alpha value is -3.61. The van der Waals surface area contributed by atoms with E-state index in [1.165, 1.54) is 7.11 Å². The quantitative estimate of drug-likeness (QED) is 0.661. The van der Waals surface area contributed by atoms with Gasteiger partial charge in [-0.1, -0.05) is 18.2 Å². The van der Waals surface area contributed by atoms with E-state index in [1.54, 1.807) is 35.0 Å². The lowest BCUT2D eigenvalue weighted by molar-refractivity contribution is -0.116. The monoisotopic (exact) mass is 405 g/mol. The minimum atomic E-state index is -0.441. The molecular formula is C23H23N3O4. The molecule has 0 aliphatic carbocycles. The summed E-state index contributed by atoms with van der Waals surface area (Å²) in [5, 5.41) is 3.58. The van der Waals surface area contributed by atoms with E-state index >= 15 is 0 Å². The first kappa shape index (κ1) is 19.7. The molecule has 0 saturated carbocycles. The molecule has 1 aliphatic heterocycles. The minimum Gasteiger partial charge on any atom is -0.465 e. The van der Waals surface area contributed by atoms with Crippen molar-refractivity contribution in [2.75, 3.05) is 25.5 Å². The molecule has 2 amide bonds.